The number of hydrogen-bond donors (Lipinski definition) is 2. The summed E-state index contributed by atoms with van der Waals surface area (Å²) in [7, 11) is 0. The summed E-state index contributed by atoms with van der Waals surface area (Å²) >= 11 is 3.30. The molecule has 1 unspecified atom stereocenters. The van der Waals surface area contributed by atoms with Crippen molar-refractivity contribution in [3.63, 3.8) is 0 Å². The Morgan fingerprint density at radius 3 is 3.08 bits per heavy atom. The van der Waals surface area contributed by atoms with Crippen molar-refractivity contribution in [3.05, 3.63) is 6.07 Å². The largest absolute Gasteiger partial charge is 0.383 e. The molecule has 3 N–H and O–H groups in total. The number of rotatable bonds is 5. The van der Waals surface area contributed by atoms with Crippen LogP contribution in [0.25, 0.3) is 0 Å². The van der Waals surface area contributed by atoms with Crippen molar-refractivity contribution >= 4 is 34.1 Å². The Balaban J connectivity index is 2.20. The minimum atomic E-state index is 0.602. The second kappa shape index (κ2) is 5.34. The van der Waals surface area contributed by atoms with Gasteiger partial charge in [-0.3, -0.25) is 0 Å². The number of aromatic nitrogens is 1. The molecule has 0 aliphatic rings. The van der Waals surface area contributed by atoms with Crippen molar-refractivity contribution in [3.8, 4) is 0 Å². The zero-order valence-electron chi connectivity index (χ0n) is 7.91. The average molecular weight is 217 g/mol. The molecule has 0 amide bonds. The Hall–Kier alpha value is -0.420. The van der Waals surface area contributed by atoms with Gasteiger partial charge in [0.2, 0.25) is 0 Å². The topological polar surface area (TPSA) is 50.9 Å². The zero-order chi connectivity index (χ0) is 9.68. The molecule has 0 spiro atoms. The maximum Gasteiger partial charge on any atom is 0.139 e. The van der Waals surface area contributed by atoms with Crippen LogP contribution < -0.4 is 11.1 Å². The number of thioether (sulfide) groups is 1. The SMILES string of the molecule is CSC(C)CCNc1cc(N)ns1. The van der Waals surface area contributed by atoms with Gasteiger partial charge in [0.15, 0.2) is 0 Å². The Kier molecular flexibility index (Phi) is 4.38. The van der Waals surface area contributed by atoms with Gasteiger partial charge in [-0.2, -0.15) is 16.1 Å². The Bertz CT molecular complexity index is 249. The van der Waals surface area contributed by atoms with Crippen LogP contribution in [0.15, 0.2) is 6.07 Å². The van der Waals surface area contributed by atoms with Crippen molar-refractivity contribution < 1.29 is 0 Å². The van der Waals surface area contributed by atoms with Crippen LogP contribution in [-0.4, -0.2) is 22.4 Å². The van der Waals surface area contributed by atoms with Crippen LogP contribution in [0, 0.1) is 0 Å². The molecule has 1 atom stereocenters. The summed E-state index contributed by atoms with van der Waals surface area (Å²) in [5.74, 6) is 0.602. The number of anilines is 2. The lowest BCUT2D eigenvalue weighted by Gasteiger charge is -2.07. The molecule has 0 aliphatic carbocycles. The van der Waals surface area contributed by atoms with Gasteiger partial charge < -0.3 is 11.1 Å². The molecule has 0 fully saturated rings. The van der Waals surface area contributed by atoms with Crippen LogP contribution >= 0.6 is 23.3 Å². The van der Waals surface area contributed by atoms with Crippen LogP contribution in [-0.2, 0) is 0 Å². The minimum Gasteiger partial charge on any atom is -0.383 e. The monoisotopic (exact) mass is 217 g/mol. The van der Waals surface area contributed by atoms with E-state index in [2.05, 4.69) is 22.9 Å². The maximum atomic E-state index is 5.49. The molecular formula is C8H15N3S2. The zero-order valence-corrected chi connectivity index (χ0v) is 9.54. The molecule has 0 aromatic carbocycles. The molecule has 13 heavy (non-hydrogen) atoms. The van der Waals surface area contributed by atoms with Crippen LogP contribution in [0.1, 0.15) is 13.3 Å². The molecule has 5 heteroatoms. The van der Waals surface area contributed by atoms with Gasteiger partial charge >= 0.3 is 0 Å². The summed E-state index contributed by atoms with van der Waals surface area (Å²) < 4.78 is 3.99. The summed E-state index contributed by atoms with van der Waals surface area (Å²) in [6.45, 7) is 3.22. The van der Waals surface area contributed by atoms with E-state index in [0.717, 1.165) is 11.5 Å². The van der Waals surface area contributed by atoms with Gasteiger partial charge in [-0.1, -0.05) is 6.92 Å². The summed E-state index contributed by atoms with van der Waals surface area (Å²) in [5.41, 5.74) is 5.49. The Morgan fingerprint density at radius 1 is 1.77 bits per heavy atom. The second-order valence-corrected chi connectivity index (χ2v) is 4.96. The standard InChI is InChI=1S/C8H15N3S2/c1-6(12-2)3-4-10-8-5-7(9)11-13-8/h5-6,10H,3-4H2,1-2H3,(H2,9,11). The Morgan fingerprint density at radius 2 is 2.54 bits per heavy atom. The molecule has 1 rings (SSSR count). The van der Waals surface area contributed by atoms with Crippen LogP contribution in [0.2, 0.25) is 0 Å². The van der Waals surface area contributed by atoms with Crippen molar-refractivity contribution in [2.24, 2.45) is 0 Å². The predicted molar refractivity (Wildman–Crippen MR) is 62.6 cm³/mol. The summed E-state index contributed by atoms with van der Waals surface area (Å²) in [6.07, 6.45) is 3.30. The number of hydrogen-bond acceptors (Lipinski definition) is 5. The molecule has 1 aromatic heterocycles. The third-order valence-electron chi connectivity index (χ3n) is 1.78. The first-order chi connectivity index (χ1) is 6.22. The fraction of sp³-hybridized carbons (Fsp3) is 0.625. The highest BCUT2D eigenvalue weighted by Crippen LogP contribution is 2.18. The molecule has 0 radical (unpaired) electrons. The van der Waals surface area contributed by atoms with Crippen molar-refractivity contribution in [2.45, 2.75) is 18.6 Å². The predicted octanol–water partition coefficient (Wildman–Crippen LogP) is 2.28. The highest BCUT2D eigenvalue weighted by atomic mass is 32.2. The minimum absolute atomic E-state index is 0.602. The van der Waals surface area contributed by atoms with Gasteiger partial charge in [0.05, 0.1) is 0 Å². The number of nitrogens with one attached hydrogen (secondary N) is 1. The lowest BCUT2D eigenvalue weighted by Crippen LogP contribution is -2.06. The molecule has 0 aliphatic heterocycles. The van der Waals surface area contributed by atoms with Gasteiger partial charge in [-0.15, -0.1) is 0 Å². The molecule has 0 bridgehead atoms. The molecule has 0 saturated heterocycles. The van der Waals surface area contributed by atoms with E-state index in [1.807, 2.05) is 17.8 Å². The molecule has 1 heterocycles. The fourth-order valence-corrected chi connectivity index (χ4v) is 1.84. The summed E-state index contributed by atoms with van der Waals surface area (Å²) in [6, 6.07) is 1.87. The first kappa shape index (κ1) is 10.7. The highest BCUT2D eigenvalue weighted by Gasteiger charge is 2.00. The Labute approximate surface area is 87.3 Å². The van der Waals surface area contributed by atoms with Crippen LogP contribution in [0.3, 0.4) is 0 Å². The second-order valence-electron chi connectivity index (χ2n) is 2.88. The van der Waals surface area contributed by atoms with E-state index in [-0.39, 0.29) is 0 Å². The fourth-order valence-electron chi connectivity index (χ4n) is 0.889. The average Bonchev–Trinajstić information content (AvgIpc) is 2.51. The van der Waals surface area contributed by atoms with Gasteiger partial charge in [-0.25, -0.2) is 0 Å². The van der Waals surface area contributed by atoms with Crippen LogP contribution in [0.5, 0.6) is 0 Å². The molecule has 1 aromatic rings. The van der Waals surface area contributed by atoms with E-state index in [4.69, 9.17) is 5.73 Å². The lowest BCUT2D eigenvalue weighted by molar-refractivity contribution is 0.855. The first-order valence-electron chi connectivity index (χ1n) is 4.21. The molecule has 74 valence electrons. The third kappa shape index (κ3) is 3.87. The molecular weight excluding hydrogens is 202 g/mol. The van der Waals surface area contributed by atoms with Crippen LogP contribution in [0.4, 0.5) is 10.8 Å². The third-order valence-corrected chi connectivity index (χ3v) is 3.58. The van der Waals surface area contributed by atoms with E-state index in [9.17, 15) is 0 Å². The summed E-state index contributed by atoms with van der Waals surface area (Å²) in [5, 5.41) is 5.06. The van der Waals surface area contributed by atoms with Gasteiger partial charge in [0, 0.05) is 17.9 Å². The van der Waals surface area contributed by atoms with Crippen molar-refractivity contribution in [1.29, 1.82) is 0 Å². The normalized spacial score (nSPS) is 12.8. The van der Waals surface area contributed by atoms with Crippen molar-refractivity contribution in [2.75, 3.05) is 23.9 Å². The number of nitrogen functional groups attached to an aromatic ring is 1. The first-order valence-corrected chi connectivity index (χ1v) is 6.27. The number of nitrogens with zero attached hydrogens (tertiary/aromatic N) is 1. The van der Waals surface area contributed by atoms with E-state index in [1.54, 1.807) is 0 Å². The highest BCUT2D eigenvalue weighted by molar-refractivity contribution is 7.99. The van der Waals surface area contributed by atoms with Gasteiger partial charge in [0.1, 0.15) is 10.8 Å². The quantitative estimate of drug-likeness (QED) is 0.794. The molecule has 0 saturated carbocycles. The molecule has 3 nitrogen and oxygen atoms in total. The summed E-state index contributed by atoms with van der Waals surface area (Å²) in [4.78, 5) is 0. The van der Waals surface area contributed by atoms with E-state index < -0.39 is 0 Å². The smallest absolute Gasteiger partial charge is 0.139 e. The van der Waals surface area contributed by atoms with E-state index >= 15 is 0 Å². The van der Waals surface area contributed by atoms with Crippen molar-refractivity contribution in [1.82, 2.24) is 4.37 Å². The van der Waals surface area contributed by atoms with E-state index in [0.29, 0.717) is 11.1 Å². The van der Waals surface area contributed by atoms with Gasteiger partial charge in [0.25, 0.3) is 0 Å². The maximum absolute atomic E-state index is 5.49. The number of nitrogens with two attached hydrogens (primary N) is 1. The van der Waals surface area contributed by atoms with Gasteiger partial charge in [-0.05, 0) is 24.2 Å². The van der Waals surface area contributed by atoms with E-state index in [1.165, 1.54) is 18.0 Å². The lowest BCUT2D eigenvalue weighted by atomic mass is 10.3.